The van der Waals surface area contributed by atoms with Gasteiger partial charge in [-0.3, -0.25) is 9.59 Å². The summed E-state index contributed by atoms with van der Waals surface area (Å²) in [7, 11) is 0. The maximum Gasteiger partial charge on any atom is 0.249 e. The molecule has 4 nitrogen and oxygen atoms in total. The van der Waals surface area contributed by atoms with Gasteiger partial charge < -0.3 is 10.2 Å². The third kappa shape index (κ3) is 2.02. The van der Waals surface area contributed by atoms with Gasteiger partial charge in [0, 0.05) is 6.04 Å². The van der Waals surface area contributed by atoms with Crippen molar-refractivity contribution in [1.29, 1.82) is 0 Å². The average Bonchev–Trinajstić information content (AvgIpc) is 3.09. The van der Waals surface area contributed by atoms with Gasteiger partial charge in [0.05, 0.1) is 0 Å². The Labute approximate surface area is 109 Å². The van der Waals surface area contributed by atoms with Crippen molar-refractivity contribution >= 4 is 11.8 Å². The molecule has 1 saturated carbocycles. The number of piperazine rings is 1. The van der Waals surface area contributed by atoms with Crippen molar-refractivity contribution in [2.75, 3.05) is 0 Å². The van der Waals surface area contributed by atoms with E-state index >= 15 is 0 Å². The van der Waals surface area contributed by atoms with Crippen LogP contribution in [-0.4, -0.2) is 34.3 Å². The number of carbonyl (C=O) groups excluding carboxylic acids is 2. The van der Waals surface area contributed by atoms with Crippen molar-refractivity contribution in [3.05, 3.63) is 0 Å². The quantitative estimate of drug-likeness (QED) is 0.827. The third-order valence-electron chi connectivity index (χ3n) is 4.21. The van der Waals surface area contributed by atoms with Gasteiger partial charge in [0.25, 0.3) is 0 Å². The lowest BCUT2D eigenvalue weighted by Crippen LogP contribution is -2.71. The first-order valence-corrected chi connectivity index (χ1v) is 7.06. The van der Waals surface area contributed by atoms with E-state index in [4.69, 9.17) is 0 Å². The summed E-state index contributed by atoms with van der Waals surface area (Å²) >= 11 is 0. The van der Waals surface area contributed by atoms with Crippen LogP contribution in [0.5, 0.6) is 0 Å². The van der Waals surface area contributed by atoms with E-state index in [-0.39, 0.29) is 23.9 Å². The Hall–Kier alpha value is -1.06. The number of carbonyl (C=O) groups is 2. The van der Waals surface area contributed by atoms with Gasteiger partial charge >= 0.3 is 0 Å². The van der Waals surface area contributed by atoms with E-state index in [9.17, 15) is 9.59 Å². The second-order valence-corrected chi connectivity index (χ2v) is 6.08. The van der Waals surface area contributed by atoms with Crippen LogP contribution in [-0.2, 0) is 9.59 Å². The Bertz CT molecular complexity index is 363. The molecule has 2 fully saturated rings. The molecule has 2 atom stereocenters. The van der Waals surface area contributed by atoms with Crippen LogP contribution >= 0.6 is 0 Å². The first-order chi connectivity index (χ1) is 8.41. The fourth-order valence-corrected chi connectivity index (χ4v) is 3.00. The summed E-state index contributed by atoms with van der Waals surface area (Å²) in [6.07, 6.45) is 3.75. The second-order valence-electron chi connectivity index (χ2n) is 6.08. The fraction of sp³-hybridized carbons (Fsp3) is 0.857. The molecule has 1 N–H and O–H groups in total. The van der Waals surface area contributed by atoms with E-state index in [2.05, 4.69) is 5.32 Å². The molecule has 0 aromatic heterocycles. The van der Waals surface area contributed by atoms with Gasteiger partial charge in [-0.25, -0.2) is 0 Å². The summed E-state index contributed by atoms with van der Waals surface area (Å²) in [6.45, 7) is 7.92. The molecule has 0 aromatic carbocycles. The van der Waals surface area contributed by atoms with Crippen molar-refractivity contribution in [3.8, 4) is 0 Å². The number of rotatable bonds is 4. The van der Waals surface area contributed by atoms with Crippen molar-refractivity contribution in [3.63, 3.8) is 0 Å². The molecule has 18 heavy (non-hydrogen) atoms. The predicted molar refractivity (Wildman–Crippen MR) is 69.9 cm³/mol. The fourth-order valence-electron chi connectivity index (χ4n) is 3.00. The number of hydrogen-bond donors (Lipinski definition) is 1. The van der Waals surface area contributed by atoms with Gasteiger partial charge in [0.2, 0.25) is 11.8 Å². The van der Waals surface area contributed by atoms with E-state index in [0.717, 1.165) is 25.7 Å². The molecule has 4 heteroatoms. The second kappa shape index (κ2) is 4.56. The number of hydrogen-bond acceptors (Lipinski definition) is 2. The molecule has 2 rings (SSSR count). The minimum Gasteiger partial charge on any atom is -0.340 e. The highest BCUT2D eigenvalue weighted by Gasteiger charge is 2.55. The standard InChI is InChI=1S/C14H24N2O2/c1-5-6-11-12(17)15-14(4,10-7-8-10)13(18)16(11)9(2)3/h9-11H,5-8H2,1-4H3,(H,15,17). The molecule has 0 spiro atoms. The summed E-state index contributed by atoms with van der Waals surface area (Å²) in [5, 5.41) is 2.99. The van der Waals surface area contributed by atoms with Crippen molar-refractivity contribution in [1.82, 2.24) is 10.2 Å². The van der Waals surface area contributed by atoms with Crippen LogP contribution in [0, 0.1) is 5.92 Å². The predicted octanol–water partition coefficient (Wildman–Crippen LogP) is 1.69. The van der Waals surface area contributed by atoms with Crippen LogP contribution in [0.2, 0.25) is 0 Å². The van der Waals surface area contributed by atoms with E-state index in [1.54, 1.807) is 4.90 Å². The molecule has 0 bridgehead atoms. The molecule has 1 heterocycles. The summed E-state index contributed by atoms with van der Waals surface area (Å²) in [5.74, 6) is 0.468. The topological polar surface area (TPSA) is 49.4 Å². The number of nitrogens with zero attached hydrogens (tertiary/aromatic N) is 1. The van der Waals surface area contributed by atoms with Crippen molar-refractivity contribution in [2.24, 2.45) is 5.92 Å². The third-order valence-corrected chi connectivity index (χ3v) is 4.21. The molecule has 0 aromatic rings. The monoisotopic (exact) mass is 252 g/mol. The van der Waals surface area contributed by atoms with Crippen LogP contribution in [0.3, 0.4) is 0 Å². The Balaban J connectivity index is 2.29. The molecular formula is C14H24N2O2. The van der Waals surface area contributed by atoms with Crippen LogP contribution in [0.25, 0.3) is 0 Å². The van der Waals surface area contributed by atoms with Gasteiger partial charge in [-0.1, -0.05) is 13.3 Å². The minimum absolute atomic E-state index is 0.0274. The highest BCUT2D eigenvalue weighted by Crippen LogP contribution is 2.42. The van der Waals surface area contributed by atoms with E-state index in [1.807, 2.05) is 27.7 Å². The lowest BCUT2D eigenvalue weighted by atomic mass is 9.87. The Kier molecular flexibility index (Phi) is 3.39. The smallest absolute Gasteiger partial charge is 0.249 e. The summed E-state index contributed by atoms with van der Waals surface area (Å²) in [5.41, 5.74) is -0.661. The molecule has 2 aliphatic rings. The maximum atomic E-state index is 12.7. The van der Waals surface area contributed by atoms with Gasteiger partial charge in [0.15, 0.2) is 0 Å². The Morgan fingerprint density at radius 1 is 1.39 bits per heavy atom. The van der Waals surface area contributed by atoms with Gasteiger partial charge in [-0.15, -0.1) is 0 Å². The van der Waals surface area contributed by atoms with E-state index in [1.165, 1.54) is 0 Å². The van der Waals surface area contributed by atoms with Crippen LogP contribution in [0.15, 0.2) is 0 Å². The Morgan fingerprint density at radius 3 is 2.44 bits per heavy atom. The van der Waals surface area contributed by atoms with Crippen LogP contribution in [0.1, 0.15) is 53.4 Å². The zero-order valence-electron chi connectivity index (χ0n) is 11.8. The first-order valence-electron chi connectivity index (χ1n) is 7.06. The highest BCUT2D eigenvalue weighted by molar-refractivity contribution is 6.00. The lowest BCUT2D eigenvalue weighted by Gasteiger charge is -2.46. The zero-order valence-corrected chi connectivity index (χ0v) is 11.8. The van der Waals surface area contributed by atoms with Crippen molar-refractivity contribution < 1.29 is 9.59 Å². The van der Waals surface area contributed by atoms with E-state index in [0.29, 0.717) is 5.92 Å². The zero-order chi connectivity index (χ0) is 13.5. The van der Waals surface area contributed by atoms with Crippen LogP contribution in [0.4, 0.5) is 0 Å². The molecule has 2 unspecified atom stereocenters. The summed E-state index contributed by atoms with van der Waals surface area (Å²) < 4.78 is 0. The first kappa shape index (κ1) is 13.4. The van der Waals surface area contributed by atoms with Gasteiger partial charge in [-0.05, 0) is 46.0 Å². The molecule has 1 aliphatic heterocycles. The molecule has 1 saturated heterocycles. The molecule has 0 radical (unpaired) electrons. The molecule has 102 valence electrons. The Morgan fingerprint density at radius 2 is 2.00 bits per heavy atom. The van der Waals surface area contributed by atoms with Crippen LogP contribution < -0.4 is 5.32 Å². The van der Waals surface area contributed by atoms with Gasteiger partial charge in [0.1, 0.15) is 11.6 Å². The lowest BCUT2D eigenvalue weighted by molar-refractivity contribution is -0.157. The number of nitrogens with one attached hydrogen (secondary N) is 1. The minimum atomic E-state index is -0.661. The van der Waals surface area contributed by atoms with Crippen molar-refractivity contribution in [2.45, 2.75) is 71.0 Å². The average molecular weight is 252 g/mol. The summed E-state index contributed by atoms with van der Waals surface area (Å²) in [6, 6.07) is -0.201. The highest BCUT2D eigenvalue weighted by atomic mass is 16.2. The van der Waals surface area contributed by atoms with Gasteiger partial charge in [-0.2, -0.15) is 0 Å². The number of amides is 2. The molecule has 2 amide bonds. The summed E-state index contributed by atoms with van der Waals surface area (Å²) in [4.78, 5) is 26.8. The largest absolute Gasteiger partial charge is 0.340 e. The normalized spacial score (nSPS) is 32.9. The van der Waals surface area contributed by atoms with E-state index < -0.39 is 5.54 Å². The SMILES string of the molecule is CCCC1C(=O)NC(C)(C2CC2)C(=O)N1C(C)C. The maximum absolute atomic E-state index is 12.7. The molecular weight excluding hydrogens is 228 g/mol. The molecule has 1 aliphatic carbocycles.